The van der Waals surface area contributed by atoms with Crippen LogP contribution < -0.4 is 5.32 Å². The van der Waals surface area contributed by atoms with Gasteiger partial charge in [-0.1, -0.05) is 107 Å². The zero-order valence-electron chi connectivity index (χ0n) is 32.7. The predicted octanol–water partition coefficient (Wildman–Crippen LogP) is 5.44. The molecule has 1 amide bonds. The van der Waals surface area contributed by atoms with E-state index in [0.717, 1.165) is 51.4 Å². The van der Waals surface area contributed by atoms with E-state index in [1.165, 1.54) is 44.9 Å². The molecule has 0 aromatic heterocycles. The molecule has 1 aliphatic heterocycles. The number of allylic oxidation sites excluding steroid dienone is 8. The number of hydrogen-bond donors (Lipinski definition) is 8. The highest BCUT2D eigenvalue weighted by Gasteiger charge is 2.44. The number of amides is 1. The standard InChI is InChI=1S/C42H75NO10/c1-3-5-7-9-11-13-15-17-18-20-21-23-25-27-29-34(45)37(47)33(32-52-42-40(50)39(49)38(48)36(31-44)53-42)43-41(51)35(46)30-28-26-24-22-19-16-14-12-10-8-6-4-2/h7,9,15,17,19,21-23,33-40,42,44-50H,3-6,8,10-14,16,18,20,24-32H2,1-2H3,(H,43,51)/b9-7+,17-15+,22-19-,23-21+. The molecule has 0 radical (unpaired) electrons. The summed E-state index contributed by atoms with van der Waals surface area (Å²) in [4.78, 5) is 13.0. The zero-order valence-corrected chi connectivity index (χ0v) is 32.7. The normalized spacial score (nSPS) is 23.4. The number of aliphatic hydroxyl groups is 7. The van der Waals surface area contributed by atoms with Gasteiger partial charge in [0.2, 0.25) is 5.91 Å². The van der Waals surface area contributed by atoms with Gasteiger partial charge in [0.25, 0.3) is 0 Å². The third-order valence-electron chi connectivity index (χ3n) is 9.54. The molecule has 0 aliphatic carbocycles. The highest BCUT2D eigenvalue weighted by atomic mass is 16.7. The van der Waals surface area contributed by atoms with Gasteiger partial charge in [-0.25, -0.2) is 0 Å². The molecule has 1 saturated heterocycles. The van der Waals surface area contributed by atoms with E-state index in [0.29, 0.717) is 19.3 Å². The molecule has 0 bridgehead atoms. The molecule has 0 aromatic rings. The Kier molecular flexibility index (Phi) is 29.9. The van der Waals surface area contributed by atoms with Crippen LogP contribution in [0.5, 0.6) is 0 Å². The van der Waals surface area contributed by atoms with Crippen molar-refractivity contribution in [1.82, 2.24) is 5.32 Å². The molecule has 0 aromatic carbocycles. The van der Waals surface area contributed by atoms with Gasteiger partial charge in [0.15, 0.2) is 6.29 Å². The summed E-state index contributed by atoms with van der Waals surface area (Å²) in [6.07, 6.45) is 24.6. The molecule has 9 unspecified atom stereocenters. The topological polar surface area (TPSA) is 189 Å². The quantitative estimate of drug-likeness (QED) is 0.0325. The second-order valence-electron chi connectivity index (χ2n) is 14.3. The number of hydrogen-bond acceptors (Lipinski definition) is 10. The second-order valence-corrected chi connectivity index (χ2v) is 14.3. The molecule has 0 saturated carbocycles. The lowest BCUT2D eigenvalue weighted by Gasteiger charge is -2.40. The third kappa shape index (κ3) is 22.9. The largest absolute Gasteiger partial charge is 0.394 e. The Morgan fingerprint density at radius 1 is 0.642 bits per heavy atom. The van der Waals surface area contributed by atoms with Gasteiger partial charge in [-0.05, 0) is 83.5 Å². The van der Waals surface area contributed by atoms with E-state index >= 15 is 0 Å². The molecule has 9 atom stereocenters. The van der Waals surface area contributed by atoms with Gasteiger partial charge < -0.3 is 50.5 Å². The van der Waals surface area contributed by atoms with Crippen LogP contribution in [-0.4, -0.2) is 110 Å². The van der Waals surface area contributed by atoms with Crippen LogP contribution in [0.1, 0.15) is 142 Å². The molecule has 1 rings (SSSR count). The van der Waals surface area contributed by atoms with Crippen molar-refractivity contribution < 1.29 is 50.0 Å². The summed E-state index contributed by atoms with van der Waals surface area (Å²) in [5.41, 5.74) is 0. The summed E-state index contributed by atoms with van der Waals surface area (Å²) in [5, 5.41) is 75.2. The highest BCUT2D eigenvalue weighted by molar-refractivity contribution is 5.80. The van der Waals surface area contributed by atoms with Crippen LogP contribution in [0.2, 0.25) is 0 Å². The second kappa shape index (κ2) is 32.3. The van der Waals surface area contributed by atoms with Crippen LogP contribution >= 0.6 is 0 Å². The van der Waals surface area contributed by atoms with Crippen LogP contribution in [0, 0.1) is 0 Å². The van der Waals surface area contributed by atoms with E-state index in [9.17, 15) is 40.5 Å². The molecule has 53 heavy (non-hydrogen) atoms. The van der Waals surface area contributed by atoms with E-state index < -0.39 is 74.2 Å². The van der Waals surface area contributed by atoms with E-state index in [1.54, 1.807) is 0 Å². The van der Waals surface area contributed by atoms with Crippen molar-refractivity contribution in [2.45, 2.75) is 197 Å². The minimum Gasteiger partial charge on any atom is -0.394 e. The Balaban J connectivity index is 2.60. The van der Waals surface area contributed by atoms with Crippen LogP contribution in [0.4, 0.5) is 0 Å². The van der Waals surface area contributed by atoms with Gasteiger partial charge in [0.05, 0.1) is 25.4 Å². The maximum Gasteiger partial charge on any atom is 0.249 e. The molecule has 0 spiro atoms. The molecule has 11 nitrogen and oxygen atoms in total. The van der Waals surface area contributed by atoms with Gasteiger partial charge in [0, 0.05) is 0 Å². The van der Waals surface area contributed by atoms with Gasteiger partial charge in [-0.15, -0.1) is 0 Å². The van der Waals surface area contributed by atoms with Crippen molar-refractivity contribution in [3.05, 3.63) is 48.6 Å². The number of nitrogens with one attached hydrogen (secondary N) is 1. The molecule has 11 heteroatoms. The van der Waals surface area contributed by atoms with E-state index in [1.807, 2.05) is 6.08 Å². The summed E-state index contributed by atoms with van der Waals surface area (Å²) < 4.78 is 11.0. The highest BCUT2D eigenvalue weighted by Crippen LogP contribution is 2.23. The number of aliphatic hydroxyl groups excluding tert-OH is 7. The number of rotatable bonds is 32. The first-order valence-corrected chi connectivity index (χ1v) is 20.5. The average molecular weight is 754 g/mol. The first-order chi connectivity index (χ1) is 25.7. The van der Waals surface area contributed by atoms with Crippen molar-refractivity contribution in [3.63, 3.8) is 0 Å². The van der Waals surface area contributed by atoms with Crippen LogP contribution in [0.15, 0.2) is 48.6 Å². The van der Waals surface area contributed by atoms with Crippen molar-refractivity contribution >= 4 is 5.91 Å². The van der Waals surface area contributed by atoms with Crippen LogP contribution in [-0.2, 0) is 14.3 Å². The first kappa shape index (κ1) is 49.1. The van der Waals surface area contributed by atoms with Gasteiger partial charge in [-0.3, -0.25) is 4.79 Å². The fourth-order valence-corrected chi connectivity index (χ4v) is 6.06. The molecule has 1 heterocycles. The van der Waals surface area contributed by atoms with Crippen molar-refractivity contribution in [3.8, 4) is 0 Å². The Labute approximate surface area is 319 Å². The summed E-state index contributed by atoms with van der Waals surface area (Å²) in [5.74, 6) is -0.734. The Bertz CT molecular complexity index is 1000. The lowest BCUT2D eigenvalue weighted by Crippen LogP contribution is -2.60. The minimum atomic E-state index is -1.67. The van der Waals surface area contributed by atoms with Gasteiger partial charge in [0.1, 0.15) is 36.6 Å². The fraction of sp³-hybridized carbons (Fsp3) is 0.786. The lowest BCUT2D eigenvalue weighted by atomic mass is 9.98. The molecule has 1 fully saturated rings. The molecule has 308 valence electrons. The zero-order chi connectivity index (χ0) is 39.1. The SMILES string of the molecule is CCC/C=C/CC/C=C/CC/C=C/CCCC(O)C(O)C(COC1OC(CO)C(O)C(O)C1O)NC(=O)C(O)CCCC/C=C\CCCCCCCC. The van der Waals surface area contributed by atoms with Crippen molar-refractivity contribution in [2.24, 2.45) is 0 Å². The summed E-state index contributed by atoms with van der Waals surface area (Å²) in [6.45, 7) is 3.29. The predicted molar refractivity (Wildman–Crippen MR) is 210 cm³/mol. The van der Waals surface area contributed by atoms with E-state index in [2.05, 4.69) is 61.7 Å². The average Bonchev–Trinajstić information content (AvgIpc) is 3.16. The fourth-order valence-electron chi connectivity index (χ4n) is 6.06. The lowest BCUT2D eigenvalue weighted by molar-refractivity contribution is -0.303. The van der Waals surface area contributed by atoms with Crippen molar-refractivity contribution in [2.75, 3.05) is 13.2 Å². The summed E-state index contributed by atoms with van der Waals surface area (Å²) in [7, 11) is 0. The number of carbonyl (C=O) groups excluding carboxylic acids is 1. The van der Waals surface area contributed by atoms with Crippen LogP contribution in [0.25, 0.3) is 0 Å². The number of carbonyl (C=O) groups is 1. The van der Waals surface area contributed by atoms with Gasteiger partial charge >= 0.3 is 0 Å². The summed E-state index contributed by atoms with van der Waals surface area (Å²) in [6, 6.07) is -1.20. The molecular weight excluding hydrogens is 678 g/mol. The first-order valence-electron chi connectivity index (χ1n) is 20.5. The number of unbranched alkanes of at least 4 members (excludes halogenated alkanes) is 12. The Morgan fingerprint density at radius 2 is 1.17 bits per heavy atom. The monoisotopic (exact) mass is 754 g/mol. The maximum atomic E-state index is 13.0. The van der Waals surface area contributed by atoms with E-state index in [4.69, 9.17) is 9.47 Å². The Morgan fingerprint density at radius 3 is 1.75 bits per heavy atom. The maximum absolute atomic E-state index is 13.0. The smallest absolute Gasteiger partial charge is 0.249 e. The molecular formula is C42H75NO10. The van der Waals surface area contributed by atoms with Crippen LogP contribution in [0.3, 0.4) is 0 Å². The minimum absolute atomic E-state index is 0.217. The van der Waals surface area contributed by atoms with E-state index in [-0.39, 0.29) is 12.8 Å². The summed E-state index contributed by atoms with van der Waals surface area (Å²) >= 11 is 0. The molecule has 8 N–H and O–H groups in total. The van der Waals surface area contributed by atoms with Gasteiger partial charge in [-0.2, -0.15) is 0 Å². The molecule has 1 aliphatic rings. The Hall–Kier alpha value is -1.93. The van der Waals surface area contributed by atoms with Crippen molar-refractivity contribution in [1.29, 1.82) is 0 Å². The third-order valence-corrected chi connectivity index (χ3v) is 9.54. The number of ether oxygens (including phenoxy) is 2.